The molecule has 1 aromatic carbocycles. The number of sulfone groups is 1. The Morgan fingerprint density at radius 2 is 2.08 bits per heavy atom. The maximum atomic E-state index is 12.3. The lowest BCUT2D eigenvalue weighted by Crippen LogP contribution is -2.48. The molecule has 1 atom stereocenters. The van der Waals surface area contributed by atoms with Crippen molar-refractivity contribution in [1.82, 2.24) is 10.2 Å². The first kappa shape index (κ1) is 19.1. The predicted octanol–water partition coefficient (Wildman–Crippen LogP) is 2.25. The summed E-state index contributed by atoms with van der Waals surface area (Å²) >= 11 is 2.01. The Kier molecular flexibility index (Phi) is 7.42. The summed E-state index contributed by atoms with van der Waals surface area (Å²) in [6.45, 7) is 7.23. The summed E-state index contributed by atoms with van der Waals surface area (Å²) in [6.07, 6.45) is 1.14. The van der Waals surface area contributed by atoms with Crippen LogP contribution in [0.15, 0.2) is 40.2 Å². The Morgan fingerprint density at radius 3 is 2.75 bits per heavy atom. The minimum atomic E-state index is -3.27. The fraction of sp³-hybridized carbons (Fsp3) is 0.588. The van der Waals surface area contributed by atoms with Crippen LogP contribution in [0.25, 0.3) is 0 Å². The molecule has 0 radical (unpaired) electrons. The molecule has 5 nitrogen and oxygen atoms in total. The average molecular weight is 370 g/mol. The van der Waals surface area contributed by atoms with Crippen molar-refractivity contribution in [3.8, 4) is 0 Å². The highest BCUT2D eigenvalue weighted by Gasteiger charge is 2.21. The molecule has 0 bridgehead atoms. The Labute approximate surface area is 149 Å². The van der Waals surface area contributed by atoms with Crippen LogP contribution in [0.2, 0.25) is 0 Å². The van der Waals surface area contributed by atoms with Crippen molar-refractivity contribution in [3.05, 3.63) is 30.3 Å². The number of nitrogens with zero attached hydrogens (tertiary/aromatic N) is 2. The van der Waals surface area contributed by atoms with Crippen LogP contribution in [0.3, 0.4) is 0 Å². The van der Waals surface area contributed by atoms with E-state index in [0.717, 1.165) is 37.8 Å². The highest BCUT2D eigenvalue weighted by Crippen LogP contribution is 2.21. The number of thioether (sulfide) groups is 1. The van der Waals surface area contributed by atoms with Gasteiger partial charge >= 0.3 is 0 Å². The molecule has 0 spiro atoms. The van der Waals surface area contributed by atoms with Crippen LogP contribution in [-0.4, -0.2) is 62.2 Å². The molecular formula is C17H27N3O2S2. The Balaban J connectivity index is 2.01. The normalized spacial score (nSPS) is 19.3. The van der Waals surface area contributed by atoms with Gasteiger partial charge in [-0.2, -0.15) is 11.8 Å². The fourth-order valence-electron chi connectivity index (χ4n) is 2.60. The third-order valence-corrected chi connectivity index (χ3v) is 7.03. The molecule has 1 heterocycles. The zero-order valence-corrected chi connectivity index (χ0v) is 16.1. The lowest BCUT2D eigenvalue weighted by Gasteiger charge is -2.34. The van der Waals surface area contributed by atoms with Crippen LogP contribution < -0.4 is 5.32 Å². The molecule has 1 aromatic rings. The topological polar surface area (TPSA) is 61.8 Å². The first-order valence-corrected chi connectivity index (χ1v) is 11.2. The summed E-state index contributed by atoms with van der Waals surface area (Å²) in [6, 6.07) is 8.59. The van der Waals surface area contributed by atoms with E-state index in [1.165, 1.54) is 0 Å². The minimum absolute atomic E-state index is 0.0334. The quantitative estimate of drug-likeness (QED) is 0.616. The van der Waals surface area contributed by atoms with E-state index < -0.39 is 9.84 Å². The van der Waals surface area contributed by atoms with Crippen molar-refractivity contribution >= 4 is 27.6 Å². The number of guanidine groups is 1. The van der Waals surface area contributed by atoms with Gasteiger partial charge in [-0.25, -0.2) is 8.42 Å². The Hall–Kier alpha value is -1.21. The van der Waals surface area contributed by atoms with Crippen molar-refractivity contribution in [3.63, 3.8) is 0 Å². The van der Waals surface area contributed by atoms with E-state index in [4.69, 9.17) is 0 Å². The average Bonchev–Trinajstić information content (AvgIpc) is 2.61. The Morgan fingerprint density at radius 1 is 1.33 bits per heavy atom. The third-order valence-electron chi connectivity index (χ3n) is 3.95. The predicted molar refractivity (Wildman–Crippen MR) is 103 cm³/mol. The molecule has 1 aliphatic heterocycles. The van der Waals surface area contributed by atoms with E-state index in [0.29, 0.717) is 10.1 Å². The second-order valence-corrected chi connectivity index (χ2v) is 9.23. The molecule has 1 aliphatic rings. The van der Waals surface area contributed by atoms with Crippen LogP contribution in [0.5, 0.6) is 0 Å². The number of rotatable bonds is 6. The monoisotopic (exact) mass is 369 g/mol. The van der Waals surface area contributed by atoms with Crippen molar-refractivity contribution in [2.24, 2.45) is 4.99 Å². The van der Waals surface area contributed by atoms with E-state index in [9.17, 15) is 8.42 Å². The molecule has 0 aliphatic carbocycles. The van der Waals surface area contributed by atoms with E-state index in [1.807, 2.05) is 24.8 Å². The van der Waals surface area contributed by atoms with Gasteiger partial charge in [-0.05, 0) is 25.5 Å². The van der Waals surface area contributed by atoms with Gasteiger partial charge in [0, 0.05) is 30.6 Å². The van der Waals surface area contributed by atoms with Crippen LogP contribution in [0.1, 0.15) is 20.3 Å². The van der Waals surface area contributed by atoms with Crippen LogP contribution >= 0.6 is 11.8 Å². The number of nitrogens with one attached hydrogen (secondary N) is 1. The maximum Gasteiger partial charge on any atom is 0.194 e. The van der Waals surface area contributed by atoms with Crippen LogP contribution in [0.4, 0.5) is 0 Å². The summed E-state index contributed by atoms with van der Waals surface area (Å²) in [5, 5.41) is 3.92. The summed E-state index contributed by atoms with van der Waals surface area (Å²) in [5.74, 6) is 1.95. The second-order valence-electron chi connectivity index (χ2n) is 5.71. The minimum Gasteiger partial charge on any atom is -0.357 e. The molecule has 0 saturated carbocycles. The zero-order valence-electron chi connectivity index (χ0n) is 14.4. The van der Waals surface area contributed by atoms with Gasteiger partial charge in [0.2, 0.25) is 0 Å². The number of benzene rings is 1. The van der Waals surface area contributed by atoms with Crippen LogP contribution in [-0.2, 0) is 9.84 Å². The first-order chi connectivity index (χ1) is 11.6. The standard InChI is InChI=1S/C17H27N3O2S2/c1-3-15-14-20(11-12-23-15)17(18-4-2)19-10-13-24(21,22)16-8-6-5-7-9-16/h5-9,15H,3-4,10-14H2,1-2H3,(H,18,19). The van der Waals surface area contributed by atoms with Gasteiger partial charge in [0.1, 0.15) is 0 Å². The second kappa shape index (κ2) is 9.32. The fourth-order valence-corrected chi connectivity index (χ4v) is 4.92. The lowest BCUT2D eigenvalue weighted by molar-refractivity contribution is 0.408. The van der Waals surface area contributed by atoms with Gasteiger partial charge in [-0.3, -0.25) is 4.99 Å². The van der Waals surface area contributed by atoms with Crippen LogP contribution in [0, 0.1) is 0 Å². The Bertz CT molecular complexity index is 632. The molecule has 2 rings (SSSR count). The summed E-state index contributed by atoms with van der Waals surface area (Å²) < 4.78 is 24.7. The zero-order chi connectivity index (χ0) is 17.4. The third kappa shape index (κ3) is 5.41. The molecule has 134 valence electrons. The van der Waals surface area contributed by atoms with Crippen molar-refractivity contribution in [1.29, 1.82) is 0 Å². The highest BCUT2D eigenvalue weighted by molar-refractivity contribution is 8.00. The molecule has 0 aromatic heterocycles. The number of aliphatic imine (C=N–C) groups is 1. The first-order valence-electron chi connectivity index (χ1n) is 8.49. The number of hydrogen-bond acceptors (Lipinski definition) is 4. The summed E-state index contributed by atoms with van der Waals surface area (Å²) in [7, 11) is -3.27. The lowest BCUT2D eigenvalue weighted by atomic mass is 10.3. The van der Waals surface area contributed by atoms with E-state index >= 15 is 0 Å². The number of hydrogen-bond donors (Lipinski definition) is 1. The molecule has 1 unspecified atom stereocenters. The van der Waals surface area contributed by atoms with E-state index in [2.05, 4.69) is 22.1 Å². The largest absolute Gasteiger partial charge is 0.357 e. The van der Waals surface area contributed by atoms with Gasteiger partial charge in [0.05, 0.1) is 17.2 Å². The highest BCUT2D eigenvalue weighted by atomic mass is 32.2. The van der Waals surface area contributed by atoms with Gasteiger partial charge < -0.3 is 10.2 Å². The van der Waals surface area contributed by atoms with Gasteiger partial charge in [0.25, 0.3) is 0 Å². The molecule has 0 amide bonds. The molecule has 1 saturated heterocycles. The molecule has 1 fully saturated rings. The van der Waals surface area contributed by atoms with Gasteiger partial charge in [-0.1, -0.05) is 25.1 Å². The molecule has 7 heteroatoms. The van der Waals surface area contributed by atoms with Gasteiger partial charge in [0.15, 0.2) is 15.8 Å². The SMILES string of the molecule is CCNC(=NCCS(=O)(=O)c1ccccc1)N1CCSC(CC)C1. The summed E-state index contributed by atoms with van der Waals surface area (Å²) in [5.41, 5.74) is 0. The van der Waals surface area contributed by atoms with E-state index in [-0.39, 0.29) is 12.3 Å². The van der Waals surface area contributed by atoms with E-state index in [1.54, 1.807) is 24.3 Å². The summed E-state index contributed by atoms with van der Waals surface area (Å²) in [4.78, 5) is 7.18. The van der Waals surface area contributed by atoms with Gasteiger partial charge in [-0.15, -0.1) is 0 Å². The van der Waals surface area contributed by atoms with Crippen molar-refractivity contribution < 1.29 is 8.42 Å². The molecule has 1 N–H and O–H groups in total. The van der Waals surface area contributed by atoms with Crippen molar-refractivity contribution in [2.75, 3.05) is 37.7 Å². The smallest absolute Gasteiger partial charge is 0.194 e. The molecule has 24 heavy (non-hydrogen) atoms. The van der Waals surface area contributed by atoms with Crippen molar-refractivity contribution in [2.45, 2.75) is 30.4 Å². The molecular weight excluding hydrogens is 342 g/mol. The maximum absolute atomic E-state index is 12.3.